The van der Waals surface area contributed by atoms with Gasteiger partial charge in [0.15, 0.2) is 0 Å². The number of methoxy groups -OCH3 is 1. The van der Waals surface area contributed by atoms with Crippen molar-refractivity contribution in [1.29, 1.82) is 0 Å². The third kappa shape index (κ3) is 4.37. The van der Waals surface area contributed by atoms with E-state index < -0.39 is 23.4 Å². The summed E-state index contributed by atoms with van der Waals surface area (Å²) in [6.07, 6.45) is 2.11. The third-order valence-electron chi connectivity index (χ3n) is 4.27. The molecule has 0 spiro atoms. The summed E-state index contributed by atoms with van der Waals surface area (Å²) < 4.78 is 10.7. The SMILES string of the molecule is COC(=O)c1c(NC(=O)C(=O)NCc2ccccn2)sc2c1CC(C)(C)OC2. The van der Waals surface area contributed by atoms with Crippen LogP contribution in [0.3, 0.4) is 0 Å². The van der Waals surface area contributed by atoms with Gasteiger partial charge in [-0.15, -0.1) is 11.3 Å². The van der Waals surface area contributed by atoms with Crippen molar-refractivity contribution >= 4 is 34.1 Å². The first-order chi connectivity index (χ1) is 13.3. The smallest absolute Gasteiger partial charge is 0.341 e. The summed E-state index contributed by atoms with van der Waals surface area (Å²) in [6.45, 7) is 4.31. The zero-order chi connectivity index (χ0) is 20.3. The van der Waals surface area contributed by atoms with Crippen molar-refractivity contribution in [3.05, 3.63) is 46.1 Å². The highest BCUT2D eigenvalue weighted by atomic mass is 32.1. The van der Waals surface area contributed by atoms with Gasteiger partial charge in [-0.3, -0.25) is 14.6 Å². The van der Waals surface area contributed by atoms with Gasteiger partial charge in [0.1, 0.15) is 5.00 Å². The van der Waals surface area contributed by atoms with Crippen LogP contribution in [0.1, 0.15) is 40.3 Å². The normalized spacial score (nSPS) is 14.7. The molecule has 2 N–H and O–H groups in total. The van der Waals surface area contributed by atoms with Crippen LogP contribution in [0.5, 0.6) is 0 Å². The number of nitrogens with one attached hydrogen (secondary N) is 2. The maximum Gasteiger partial charge on any atom is 0.341 e. The maximum absolute atomic E-state index is 12.3. The molecule has 3 rings (SSSR count). The average Bonchev–Trinajstić information content (AvgIpc) is 3.02. The summed E-state index contributed by atoms with van der Waals surface area (Å²) in [5.41, 5.74) is 1.27. The van der Waals surface area contributed by atoms with E-state index in [0.717, 1.165) is 10.4 Å². The number of aromatic nitrogens is 1. The number of carbonyl (C=O) groups is 3. The summed E-state index contributed by atoms with van der Waals surface area (Å²) in [7, 11) is 1.28. The Kier molecular flexibility index (Phi) is 5.76. The molecular weight excluding hydrogens is 382 g/mol. The molecule has 0 atom stereocenters. The second-order valence-corrected chi connectivity index (χ2v) is 7.99. The second kappa shape index (κ2) is 8.07. The van der Waals surface area contributed by atoms with Crippen LogP contribution in [0.15, 0.2) is 24.4 Å². The van der Waals surface area contributed by atoms with Crippen molar-refractivity contribution in [2.45, 2.75) is 39.0 Å². The van der Waals surface area contributed by atoms with Crippen LogP contribution in [-0.2, 0) is 38.6 Å². The first-order valence-corrected chi connectivity index (χ1v) is 9.48. The van der Waals surface area contributed by atoms with Gasteiger partial charge in [-0.25, -0.2) is 4.79 Å². The molecule has 148 valence electrons. The van der Waals surface area contributed by atoms with E-state index >= 15 is 0 Å². The van der Waals surface area contributed by atoms with Gasteiger partial charge < -0.3 is 20.1 Å². The van der Waals surface area contributed by atoms with E-state index in [4.69, 9.17) is 9.47 Å². The molecule has 0 fully saturated rings. The molecule has 8 nitrogen and oxygen atoms in total. The van der Waals surface area contributed by atoms with Gasteiger partial charge in [0, 0.05) is 17.5 Å². The average molecular weight is 403 g/mol. The van der Waals surface area contributed by atoms with Gasteiger partial charge in [-0.2, -0.15) is 0 Å². The van der Waals surface area contributed by atoms with E-state index in [-0.39, 0.29) is 17.1 Å². The number of nitrogens with zero attached hydrogens (tertiary/aromatic N) is 1. The summed E-state index contributed by atoms with van der Waals surface area (Å²) in [4.78, 5) is 41.7. The zero-order valence-electron chi connectivity index (χ0n) is 15.8. The van der Waals surface area contributed by atoms with Crippen LogP contribution in [0.2, 0.25) is 0 Å². The predicted octanol–water partition coefficient (Wildman–Crippen LogP) is 2.04. The van der Waals surface area contributed by atoms with E-state index in [0.29, 0.717) is 18.7 Å². The first kappa shape index (κ1) is 20.0. The van der Waals surface area contributed by atoms with E-state index in [9.17, 15) is 14.4 Å². The van der Waals surface area contributed by atoms with Crippen molar-refractivity contribution in [3.8, 4) is 0 Å². The fourth-order valence-electron chi connectivity index (χ4n) is 2.87. The van der Waals surface area contributed by atoms with Crippen LogP contribution < -0.4 is 10.6 Å². The molecule has 0 aromatic carbocycles. The van der Waals surface area contributed by atoms with Gasteiger partial charge in [0.2, 0.25) is 0 Å². The highest BCUT2D eigenvalue weighted by Crippen LogP contribution is 2.40. The Balaban J connectivity index is 1.76. The number of ether oxygens (including phenoxy) is 2. The number of esters is 1. The molecule has 0 saturated heterocycles. The lowest BCUT2D eigenvalue weighted by Crippen LogP contribution is -2.35. The minimum Gasteiger partial charge on any atom is -0.465 e. The lowest BCUT2D eigenvalue weighted by Gasteiger charge is -2.30. The number of anilines is 1. The molecule has 1 aliphatic heterocycles. The fraction of sp³-hybridized carbons (Fsp3) is 0.368. The van der Waals surface area contributed by atoms with Crippen LogP contribution >= 0.6 is 11.3 Å². The Morgan fingerprint density at radius 2 is 2.07 bits per heavy atom. The molecular formula is C19H21N3O5S. The molecule has 2 aromatic heterocycles. The Hall–Kier alpha value is -2.78. The maximum atomic E-state index is 12.3. The Morgan fingerprint density at radius 1 is 1.29 bits per heavy atom. The Morgan fingerprint density at radius 3 is 2.75 bits per heavy atom. The minimum atomic E-state index is -0.861. The summed E-state index contributed by atoms with van der Waals surface area (Å²) in [5.74, 6) is -2.23. The van der Waals surface area contributed by atoms with Crippen LogP contribution in [-0.4, -0.2) is 35.5 Å². The van der Waals surface area contributed by atoms with Gasteiger partial charge in [0.05, 0.1) is 37.1 Å². The molecule has 2 aromatic rings. The number of fused-ring (bicyclic) bond motifs is 1. The molecule has 0 unspecified atom stereocenters. The van der Waals surface area contributed by atoms with Crippen LogP contribution in [0.25, 0.3) is 0 Å². The van der Waals surface area contributed by atoms with Gasteiger partial charge in [0.25, 0.3) is 0 Å². The topological polar surface area (TPSA) is 107 Å². The van der Waals surface area contributed by atoms with E-state index in [1.807, 2.05) is 13.8 Å². The lowest BCUT2D eigenvalue weighted by molar-refractivity contribution is -0.136. The second-order valence-electron chi connectivity index (χ2n) is 6.88. The monoisotopic (exact) mass is 403 g/mol. The van der Waals surface area contributed by atoms with Crippen molar-refractivity contribution < 1.29 is 23.9 Å². The number of rotatable bonds is 4. The highest BCUT2D eigenvalue weighted by molar-refractivity contribution is 7.17. The predicted molar refractivity (Wildman–Crippen MR) is 103 cm³/mol. The minimum absolute atomic E-state index is 0.125. The van der Waals surface area contributed by atoms with Crippen molar-refractivity contribution in [2.24, 2.45) is 0 Å². The number of hydrogen-bond donors (Lipinski definition) is 2. The summed E-state index contributed by atoms with van der Waals surface area (Å²) in [5, 5.41) is 5.33. The number of thiophene rings is 1. The standard InChI is InChI=1S/C19H21N3O5S/c1-19(2)8-12-13(10-27-19)28-17(14(12)18(25)26-3)22-16(24)15(23)21-9-11-6-4-5-7-20-11/h4-7H,8-10H2,1-3H3,(H,21,23)(H,22,24). The quantitative estimate of drug-likeness (QED) is 0.598. The zero-order valence-corrected chi connectivity index (χ0v) is 16.6. The molecule has 28 heavy (non-hydrogen) atoms. The molecule has 1 aliphatic rings. The van der Waals surface area contributed by atoms with Gasteiger partial charge >= 0.3 is 17.8 Å². The number of pyridine rings is 1. The van der Waals surface area contributed by atoms with Crippen LogP contribution in [0, 0.1) is 0 Å². The van der Waals surface area contributed by atoms with E-state index in [1.54, 1.807) is 24.4 Å². The van der Waals surface area contributed by atoms with Crippen molar-refractivity contribution in [3.63, 3.8) is 0 Å². The molecule has 3 heterocycles. The van der Waals surface area contributed by atoms with Crippen molar-refractivity contribution in [2.75, 3.05) is 12.4 Å². The highest BCUT2D eigenvalue weighted by Gasteiger charge is 2.34. The van der Waals surface area contributed by atoms with Gasteiger partial charge in [-0.05, 0) is 31.5 Å². The summed E-state index contributed by atoms with van der Waals surface area (Å²) in [6, 6.07) is 5.29. The Bertz CT molecular complexity index is 908. The number of carbonyl (C=O) groups excluding carboxylic acids is 3. The molecule has 0 aliphatic carbocycles. The summed E-state index contributed by atoms with van der Waals surface area (Å²) >= 11 is 1.22. The molecule has 2 amide bonds. The van der Waals surface area contributed by atoms with E-state index in [2.05, 4.69) is 15.6 Å². The van der Waals surface area contributed by atoms with Crippen LogP contribution in [0.4, 0.5) is 5.00 Å². The first-order valence-electron chi connectivity index (χ1n) is 8.66. The molecule has 0 bridgehead atoms. The van der Waals surface area contributed by atoms with Crippen molar-refractivity contribution in [1.82, 2.24) is 10.3 Å². The van der Waals surface area contributed by atoms with E-state index in [1.165, 1.54) is 18.4 Å². The third-order valence-corrected chi connectivity index (χ3v) is 5.39. The largest absolute Gasteiger partial charge is 0.465 e. The molecule has 0 radical (unpaired) electrons. The molecule has 0 saturated carbocycles. The Labute approximate surface area is 166 Å². The number of hydrogen-bond acceptors (Lipinski definition) is 7. The molecule has 9 heteroatoms. The number of amides is 2. The lowest BCUT2D eigenvalue weighted by atomic mass is 9.93. The fourth-order valence-corrected chi connectivity index (χ4v) is 3.99. The van der Waals surface area contributed by atoms with Gasteiger partial charge in [-0.1, -0.05) is 6.07 Å².